The minimum atomic E-state index is -4.37. The van der Waals surface area contributed by atoms with Crippen LogP contribution in [0.25, 0.3) is 11.5 Å². The molecule has 9 heteroatoms. The van der Waals surface area contributed by atoms with Gasteiger partial charge in [0.2, 0.25) is 5.91 Å². The first-order chi connectivity index (χ1) is 12.9. The summed E-state index contributed by atoms with van der Waals surface area (Å²) >= 11 is 0. The van der Waals surface area contributed by atoms with Gasteiger partial charge in [-0.25, -0.2) is 0 Å². The first-order valence-corrected chi connectivity index (χ1v) is 8.91. The van der Waals surface area contributed by atoms with Crippen molar-refractivity contribution in [2.24, 2.45) is 5.92 Å². The highest BCUT2D eigenvalue weighted by Gasteiger charge is 2.34. The molecule has 1 saturated carbocycles. The summed E-state index contributed by atoms with van der Waals surface area (Å²) in [6.45, 7) is 3.35. The van der Waals surface area contributed by atoms with E-state index in [0.29, 0.717) is 31.0 Å². The molecule has 6 nitrogen and oxygen atoms in total. The van der Waals surface area contributed by atoms with Crippen LogP contribution < -0.4 is 0 Å². The number of halogens is 3. The highest BCUT2D eigenvalue weighted by Crippen LogP contribution is 2.32. The highest BCUT2D eigenvalue weighted by molar-refractivity contribution is 5.81. The highest BCUT2D eigenvalue weighted by atomic mass is 19.4. The molecular formula is C18H19F3N4O2. The topological polar surface area (TPSA) is 62.5 Å². The molecule has 2 aliphatic rings. The SMILES string of the molecule is O=C(C1CC1)N1CCN(Cc2noc(-c3ccc(C(F)(F)F)cc3)n2)CC1. The van der Waals surface area contributed by atoms with Crippen molar-refractivity contribution in [3.63, 3.8) is 0 Å². The van der Waals surface area contributed by atoms with E-state index in [4.69, 9.17) is 4.52 Å². The maximum Gasteiger partial charge on any atom is 0.416 e. The summed E-state index contributed by atoms with van der Waals surface area (Å²) in [5.74, 6) is 1.17. The third-order valence-corrected chi connectivity index (χ3v) is 4.90. The number of rotatable bonds is 4. The minimum Gasteiger partial charge on any atom is -0.340 e. The zero-order chi connectivity index (χ0) is 19.0. The smallest absolute Gasteiger partial charge is 0.340 e. The second-order valence-electron chi connectivity index (χ2n) is 6.97. The predicted octanol–water partition coefficient (Wildman–Crippen LogP) is 2.81. The molecule has 1 amide bonds. The largest absolute Gasteiger partial charge is 0.416 e. The maximum absolute atomic E-state index is 12.6. The van der Waals surface area contributed by atoms with Crippen LogP contribution in [0.1, 0.15) is 24.2 Å². The number of piperazine rings is 1. The standard InChI is InChI=1S/C18H19F3N4O2/c19-18(20,21)14-5-3-12(4-6-14)16-22-15(23-27-16)11-24-7-9-25(10-8-24)17(26)13-1-2-13/h3-6,13H,1-2,7-11H2. The Morgan fingerprint density at radius 3 is 2.37 bits per heavy atom. The van der Waals surface area contributed by atoms with Crippen LogP contribution in [-0.2, 0) is 17.5 Å². The lowest BCUT2D eigenvalue weighted by Crippen LogP contribution is -2.48. The van der Waals surface area contributed by atoms with E-state index in [-0.39, 0.29) is 17.7 Å². The molecule has 4 rings (SSSR count). The van der Waals surface area contributed by atoms with Crippen molar-refractivity contribution < 1.29 is 22.5 Å². The van der Waals surface area contributed by atoms with E-state index in [9.17, 15) is 18.0 Å². The summed E-state index contributed by atoms with van der Waals surface area (Å²) < 4.78 is 43.1. The lowest BCUT2D eigenvalue weighted by Gasteiger charge is -2.34. The van der Waals surface area contributed by atoms with E-state index in [2.05, 4.69) is 15.0 Å². The summed E-state index contributed by atoms with van der Waals surface area (Å²) in [6, 6.07) is 4.63. The van der Waals surface area contributed by atoms with Crippen molar-refractivity contribution in [1.29, 1.82) is 0 Å². The number of hydrogen-bond donors (Lipinski definition) is 0. The van der Waals surface area contributed by atoms with Crippen LogP contribution in [0.15, 0.2) is 28.8 Å². The van der Waals surface area contributed by atoms with E-state index in [0.717, 1.165) is 38.1 Å². The zero-order valence-electron chi connectivity index (χ0n) is 14.6. The quantitative estimate of drug-likeness (QED) is 0.816. The van der Waals surface area contributed by atoms with Gasteiger partial charge < -0.3 is 9.42 Å². The number of benzene rings is 1. The lowest BCUT2D eigenvalue weighted by atomic mass is 10.1. The van der Waals surface area contributed by atoms with Gasteiger partial charge in [0.25, 0.3) is 5.89 Å². The van der Waals surface area contributed by atoms with Crippen molar-refractivity contribution in [3.05, 3.63) is 35.7 Å². The van der Waals surface area contributed by atoms with Gasteiger partial charge in [-0.15, -0.1) is 0 Å². The number of alkyl halides is 3. The Bertz CT molecular complexity index is 807. The predicted molar refractivity (Wildman–Crippen MR) is 89.3 cm³/mol. The molecule has 2 aromatic rings. The number of carbonyl (C=O) groups is 1. The fourth-order valence-corrected chi connectivity index (χ4v) is 3.15. The van der Waals surface area contributed by atoms with Gasteiger partial charge in [0.1, 0.15) is 0 Å². The molecule has 0 bridgehead atoms. The van der Waals surface area contributed by atoms with Crippen molar-refractivity contribution in [1.82, 2.24) is 19.9 Å². The molecule has 2 fully saturated rings. The fourth-order valence-electron chi connectivity index (χ4n) is 3.15. The molecule has 1 aromatic heterocycles. The molecule has 0 radical (unpaired) electrons. The van der Waals surface area contributed by atoms with Gasteiger partial charge in [0.05, 0.1) is 12.1 Å². The monoisotopic (exact) mass is 380 g/mol. The molecule has 27 heavy (non-hydrogen) atoms. The van der Waals surface area contributed by atoms with Gasteiger partial charge in [-0.05, 0) is 37.1 Å². The van der Waals surface area contributed by atoms with Gasteiger partial charge in [-0.1, -0.05) is 5.16 Å². The van der Waals surface area contributed by atoms with E-state index >= 15 is 0 Å². The summed E-state index contributed by atoms with van der Waals surface area (Å²) in [5.41, 5.74) is -0.272. The fraction of sp³-hybridized carbons (Fsp3) is 0.500. The Morgan fingerprint density at radius 1 is 1.11 bits per heavy atom. The molecule has 1 aliphatic carbocycles. The summed E-state index contributed by atoms with van der Waals surface area (Å²) in [7, 11) is 0. The molecule has 1 aromatic carbocycles. The van der Waals surface area contributed by atoms with Crippen LogP contribution in [0.5, 0.6) is 0 Å². The number of carbonyl (C=O) groups excluding carboxylic acids is 1. The van der Waals surface area contributed by atoms with Gasteiger partial charge in [-0.2, -0.15) is 18.2 Å². The molecule has 0 spiro atoms. The molecule has 1 saturated heterocycles. The van der Waals surface area contributed by atoms with Crippen molar-refractivity contribution >= 4 is 5.91 Å². The Hall–Kier alpha value is -2.42. The van der Waals surface area contributed by atoms with Crippen LogP contribution in [0.4, 0.5) is 13.2 Å². The van der Waals surface area contributed by atoms with Crippen LogP contribution in [0.2, 0.25) is 0 Å². The lowest BCUT2D eigenvalue weighted by molar-refractivity contribution is -0.137. The molecule has 1 aliphatic heterocycles. The van der Waals surface area contributed by atoms with Crippen LogP contribution in [-0.4, -0.2) is 52.0 Å². The van der Waals surface area contributed by atoms with Gasteiger partial charge in [-0.3, -0.25) is 9.69 Å². The summed E-state index contributed by atoms with van der Waals surface area (Å²) in [6.07, 6.45) is -2.36. The third-order valence-electron chi connectivity index (χ3n) is 4.90. The number of hydrogen-bond acceptors (Lipinski definition) is 5. The van der Waals surface area contributed by atoms with Crippen molar-refractivity contribution in [2.75, 3.05) is 26.2 Å². The Morgan fingerprint density at radius 2 is 1.78 bits per heavy atom. The van der Waals surface area contributed by atoms with Crippen molar-refractivity contribution in [3.8, 4) is 11.5 Å². The Kier molecular flexibility index (Phi) is 4.63. The maximum atomic E-state index is 12.6. The van der Waals surface area contributed by atoms with Crippen LogP contribution in [0.3, 0.4) is 0 Å². The number of amides is 1. The second kappa shape index (κ2) is 6.95. The number of aromatic nitrogens is 2. The Balaban J connectivity index is 1.34. The van der Waals surface area contributed by atoms with Crippen molar-refractivity contribution in [2.45, 2.75) is 25.6 Å². The van der Waals surface area contributed by atoms with Gasteiger partial charge in [0.15, 0.2) is 5.82 Å². The molecule has 0 unspecified atom stereocenters. The van der Waals surface area contributed by atoms with Crippen LogP contribution in [0, 0.1) is 5.92 Å². The van der Waals surface area contributed by atoms with E-state index in [1.54, 1.807) is 0 Å². The Labute approximate surface area is 153 Å². The van der Waals surface area contributed by atoms with Gasteiger partial charge >= 0.3 is 6.18 Å². The molecule has 144 valence electrons. The zero-order valence-corrected chi connectivity index (χ0v) is 14.6. The molecular weight excluding hydrogens is 361 g/mol. The van der Waals surface area contributed by atoms with Gasteiger partial charge in [0, 0.05) is 37.7 Å². The van der Waals surface area contributed by atoms with Crippen LogP contribution >= 0.6 is 0 Å². The van der Waals surface area contributed by atoms with E-state index in [1.807, 2.05) is 4.90 Å². The molecule has 2 heterocycles. The average Bonchev–Trinajstić information content (AvgIpc) is 3.40. The first-order valence-electron chi connectivity index (χ1n) is 8.91. The third kappa shape index (κ3) is 4.13. The molecule has 0 atom stereocenters. The summed E-state index contributed by atoms with van der Waals surface area (Å²) in [4.78, 5) is 20.4. The second-order valence-corrected chi connectivity index (χ2v) is 6.97. The first kappa shape index (κ1) is 18.0. The number of nitrogens with zero attached hydrogens (tertiary/aromatic N) is 4. The van der Waals surface area contributed by atoms with E-state index in [1.165, 1.54) is 12.1 Å². The molecule has 0 N–H and O–H groups in total. The average molecular weight is 380 g/mol. The minimum absolute atomic E-state index is 0.196. The van der Waals surface area contributed by atoms with E-state index < -0.39 is 11.7 Å². The summed E-state index contributed by atoms with van der Waals surface area (Å²) in [5, 5.41) is 3.92. The normalized spacial score (nSPS) is 18.7.